The van der Waals surface area contributed by atoms with Crippen LogP contribution in [0.1, 0.15) is 0 Å². The fraction of sp³-hybridized carbons (Fsp3) is 0.261. The van der Waals surface area contributed by atoms with Gasteiger partial charge in [0.1, 0.15) is 0 Å². The van der Waals surface area contributed by atoms with E-state index in [1.54, 1.807) is 16.7 Å². The third-order valence-corrected chi connectivity index (χ3v) is 5.63. The molecule has 3 aromatic carbocycles. The Kier molecular flexibility index (Phi) is 4.22. The Hall–Kier alpha value is -3.45. The minimum absolute atomic E-state index is 0.0306. The molecule has 154 valence electrons. The van der Waals surface area contributed by atoms with Crippen molar-refractivity contribution in [2.24, 2.45) is 0 Å². The minimum atomic E-state index is -0.150. The highest BCUT2D eigenvalue weighted by atomic mass is 16.7. The monoisotopic (exact) mass is 406 g/mol. The Balaban J connectivity index is 1.97. The molecule has 0 radical (unpaired) electrons. The number of hydrogen-bond acceptors (Lipinski definition) is 6. The van der Waals surface area contributed by atoms with E-state index in [4.69, 9.17) is 14.2 Å². The second kappa shape index (κ2) is 6.81. The van der Waals surface area contributed by atoms with Gasteiger partial charge in [-0.25, -0.2) is 0 Å². The van der Waals surface area contributed by atoms with Crippen molar-refractivity contribution in [3.63, 3.8) is 0 Å². The molecule has 1 N–H and O–H groups in total. The number of ether oxygens (including phenoxy) is 3. The number of benzene rings is 3. The number of likely N-dealkylation sites (N-methyl/N-ethyl adjacent to an activating group) is 1. The summed E-state index contributed by atoms with van der Waals surface area (Å²) < 4.78 is 18.2. The second-order valence-corrected chi connectivity index (χ2v) is 7.69. The van der Waals surface area contributed by atoms with Crippen molar-refractivity contribution in [1.82, 2.24) is 9.47 Å². The van der Waals surface area contributed by atoms with Crippen molar-refractivity contribution >= 4 is 32.4 Å². The summed E-state index contributed by atoms with van der Waals surface area (Å²) in [5, 5.41) is 14.4. The molecule has 0 fully saturated rings. The summed E-state index contributed by atoms with van der Waals surface area (Å²) in [4.78, 5) is 15.6. The molecule has 0 amide bonds. The number of aromatic hydroxyl groups is 1. The van der Waals surface area contributed by atoms with Crippen molar-refractivity contribution in [2.75, 3.05) is 34.5 Å². The van der Waals surface area contributed by atoms with Crippen LogP contribution in [0.2, 0.25) is 0 Å². The van der Waals surface area contributed by atoms with E-state index in [9.17, 15) is 9.90 Å². The predicted molar refractivity (Wildman–Crippen MR) is 116 cm³/mol. The number of phenolic OH excluding ortho intramolecular Hbond substituents is 1. The first-order valence-electron chi connectivity index (χ1n) is 9.73. The Morgan fingerprint density at radius 1 is 1.07 bits per heavy atom. The van der Waals surface area contributed by atoms with E-state index in [1.165, 1.54) is 7.11 Å². The number of nitrogens with zero attached hydrogens (tertiary/aromatic N) is 2. The lowest BCUT2D eigenvalue weighted by molar-refractivity contribution is 0.174. The van der Waals surface area contributed by atoms with E-state index < -0.39 is 0 Å². The lowest BCUT2D eigenvalue weighted by Crippen LogP contribution is -2.27. The van der Waals surface area contributed by atoms with Gasteiger partial charge in [0.05, 0.1) is 18.0 Å². The predicted octanol–water partition coefficient (Wildman–Crippen LogP) is 3.31. The third kappa shape index (κ3) is 2.66. The molecule has 0 spiro atoms. The second-order valence-electron chi connectivity index (χ2n) is 7.69. The first-order valence-corrected chi connectivity index (χ1v) is 9.73. The quantitative estimate of drug-likeness (QED) is 0.524. The number of fused-ring (bicyclic) bond motifs is 6. The third-order valence-electron chi connectivity index (χ3n) is 5.63. The molecule has 7 nitrogen and oxygen atoms in total. The van der Waals surface area contributed by atoms with Crippen molar-refractivity contribution in [3.05, 3.63) is 46.8 Å². The van der Waals surface area contributed by atoms with E-state index >= 15 is 0 Å². The highest BCUT2D eigenvalue weighted by molar-refractivity contribution is 6.18. The van der Waals surface area contributed by atoms with Crippen LogP contribution in [0.5, 0.6) is 23.0 Å². The summed E-state index contributed by atoms with van der Waals surface area (Å²) in [5.74, 6) is 1.64. The highest BCUT2D eigenvalue weighted by Crippen LogP contribution is 2.42. The number of aromatic nitrogens is 1. The molecule has 0 bridgehead atoms. The Bertz CT molecular complexity index is 1370. The average molecular weight is 406 g/mol. The summed E-state index contributed by atoms with van der Waals surface area (Å²) >= 11 is 0. The van der Waals surface area contributed by atoms with E-state index in [1.807, 2.05) is 43.3 Å². The minimum Gasteiger partial charge on any atom is -0.504 e. The Morgan fingerprint density at radius 2 is 1.80 bits per heavy atom. The molecule has 7 heteroatoms. The van der Waals surface area contributed by atoms with Crippen LogP contribution in [0.4, 0.5) is 0 Å². The van der Waals surface area contributed by atoms with Gasteiger partial charge in [-0.3, -0.25) is 4.79 Å². The van der Waals surface area contributed by atoms with Crippen LogP contribution >= 0.6 is 0 Å². The SMILES string of the molecule is COc1ccc2c(=O)n(CCN(C)C)c3c4cc5c(cc4ccc3c2c1O)OCO5. The Labute approximate surface area is 172 Å². The first kappa shape index (κ1) is 18.6. The molecule has 0 atom stereocenters. The zero-order valence-electron chi connectivity index (χ0n) is 17.1. The van der Waals surface area contributed by atoms with Crippen molar-refractivity contribution < 1.29 is 19.3 Å². The topological polar surface area (TPSA) is 73.2 Å². The van der Waals surface area contributed by atoms with E-state index in [-0.39, 0.29) is 18.1 Å². The first-order chi connectivity index (χ1) is 14.5. The van der Waals surface area contributed by atoms with Crippen molar-refractivity contribution in [2.45, 2.75) is 6.54 Å². The molecule has 4 aromatic rings. The van der Waals surface area contributed by atoms with Gasteiger partial charge in [0.25, 0.3) is 5.56 Å². The maximum Gasteiger partial charge on any atom is 0.259 e. The van der Waals surface area contributed by atoms with Gasteiger partial charge in [-0.05, 0) is 43.7 Å². The molecule has 0 unspecified atom stereocenters. The van der Waals surface area contributed by atoms with Crippen molar-refractivity contribution in [3.8, 4) is 23.0 Å². The summed E-state index contributed by atoms with van der Waals surface area (Å²) in [6.45, 7) is 1.39. The van der Waals surface area contributed by atoms with Crippen LogP contribution in [0, 0.1) is 0 Å². The van der Waals surface area contributed by atoms with E-state index in [0.29, 0.717) is 41.1 Å². The normalized spacial score (nSPS) is 13.1. The maximum atomic E-state index is 13.5. The van der Waals surface area contributed by atoms with Gasteiger partial charge in [0.15, 0.2) is 23.0 Å². The van der Waals surface area contributed by atoms with Crippen LogP contribution in [-0.4, -0.2) is 49.1 Å². The molecule has 0 aliphatic carbocycles. The van der Waals surface area contributed by atoms with Crippen LogP contribution in [0.25, 0.3) is 32.4 Å². The molecule has 1 aliphatic heterocycles. The van der Waals surface area contributed by atoms with Crippen LogP contribution in [0.3, 0.4) is 0 Å². The van der Waals surface area contributed by atoms with Crippen molar-refractivity contribution in [1.29, 1.82) is 0 Å². The fourth-order valence-corrected chi connectivity index (χ4v) is 4.14. The molecule has 5 rings (SSSR count). The smallest absolute Gasteiger partial charge is 0.259 e. The molecule has 2 heterocycles. The van der Waals surface area contributed by atoms with E-state index in [2.05, 4.69) is 0 Å². The number of phenols is 1. The maximum absolute atomic E-state index is 13.5. The number of pyridine rings is 1. The van der Waals surface area contributed by atoms with Gasteiger partial charge in [0, 0.05) is 29.2 Å². The van der Waals surface area contributed by atoms with Crippen LogP contribution in [0.15, 0.2) is 41.2 Å². The Morgan fingerprint density at radius 3 is 2.53 bits per heavy atom. The van der Waals surface area contributed by atoms with Gasteiger partial charge in [-0.2, -0.15) is 0 Å². The molecule has 1 aliphatic rings. The number of hydrogen-bond donors (Lipinski definition) is 1. The average Bonchev–Trinajstić information content (AvgIpc) is 3.19. The molecular formula is C23H22N2O5. The van der Waals surface area contributed by atoms with Crippen LogP contribution < -0.4 is 19.8 Å². The largest absolute Gasteiger partial charge is 0.504 e. The molecule has 0 saturated carbocycles. The number of methoxy groups -OCH3 is 1. The summed E-state index contributed by atoms with van der Waals surface area (Å²) in [6.07, 6.45) is 0. The van der Waals surface area contributed by atoms with Gasteiger partial charge in [0.2, 0.25) is 6.79 Å². The van der Waals surface area contributed by atoms with E-state index in [0.717, 1.165) is 21.7 Å². The zero-order valence-corrected chi connectivity index (χ0v) is 17.1. The summed E-state index contributed by atoms with van der Waals surface area (Å²) in [7, 11) is 5.44. The van der Waals surface area contributed by atoms with Crippen LogP contribution in [-0.2, 0) is 6.54 Å². The molecule has 1 aromatic heterocycles. The lowest BCUT2D eigenvalue weighted by atomic mass is 9.99. The molecular weight excluding hydrogens is 384 g/mol. The van der Waals surface area contributed by atoms with Gasteiger partial charge >= 0.3 is 0 Å². The van der Waals surface area contributed by atoms with Gasteiger partial charge in [-0.1, -0.05) is 12.1 Å². The highest BCUT2D eigenvalue weighted by Gasteiger charge is 2.21. The van der Waals surface area contributed by atoms with Gasteiger partial charge in [-0.15, -0.1) is 0 Å². The number of rotatable bonds is 4. The lowest BCUT2D eigenvalue weighted by Gasteiger charge is -2.18. The zero-order chi connectivity index (χ0) is 21.0. The molecule has 0 saturated heterocycles. The standard InChI is InChI=1S/C23H22N2O5/c1-24(2)8-9-25-21-14(20-15(23(25)27)6-7-17(28-3)22(20)26)5-4-13-10-18-19(11-16(13)21)30-12-29-18/h4-7,10-11,26H,8-9,12H2,1-3H3. The fourth-order valence-electron chi connectivity index (χ4n) is 4.14. The summed E-state index contributed by atoms with van der Waals surface area (Å²) in [5.41, 5.74) is 0.608. The molecule has 30 heavy (non-hydrogen) atoms. The van der Waals surface area contributed by atoms with Gasteiger partial charge < -0.3 is 28.8 Å². The summed E-state index contributed by atoms with van der Waals surface area (Å²) in [6, 6.07) is 11.1.